The Morgan fingerprint density at radius 2 is 1.85 bits per heavy atom. The predicted molar refractivity (Wildman–Crippen MR) is 106 cm³/mol. The molecule has 27 heavy (non-hydrogen) atoms. The number of aromatic nitrogens is 5. The standard InChI is InChI=1S/C20H25ClN6/c1-14-18(15(2)27(25-14)17-9-7-16(21)8-10-17)12-22-13-20-24-23-19-6-4-3-5-11-26(19)20/h7-10,22H,3-6,11-13H2,1-2H3. The second kappa shape index (κ2) is 7.82. The maximum absolute atomic E-state index is 6.00. The first-order chi connectivity index (χ1) is 13.1. The lowest BCUT2D eigenvalue weighted by Crippen LogP contribution is -2.18. The monoisotopic (exact) mass is 384 g/mol. The zero-order chi connectivity index (χ0) is 18.8. The minimum Gasteiger partial charge on any atom is -0.314 e. The van der Waals surface area contributed by atoms with Crippen LogP contribution in [-0.2, 0) is 26.1 Å². The molecule has 0 unspecified atom stereocenters. The Kier molecular flexibility index (Phi) is 5.27. The average Bonchev–Trinajstić information content (AvgIpc) is 3.06. The molecule has 6 nitrogen and oxygen atoms in total. The molecule has 0 spiro atoms. The number of benzene rings is 1. The molecule has 1 aliphatic heterocycles. The summed E-state index contributed by atoms with van der Waals surface area (Å²) in [6.45, 7) is 6.67. The van der Waals surface area contributed by atoms with Crippen LogP contribution in [-0.4, -0.2) is 24.5 Å². The van der Waals surface area contributed by atoms with Crippen LogP contribution in [0, 0.1) is 13.8 Å². The molecule has 1 aliphatic rings. The van der Waals surface area contributed by atoms with Gasteiger partial charge in [0.15, 0.2) is 0 Å². The highest BCUT2D eigenvalue weighted by Gasteiger charge is 2.16. The zero-order valence-electron chi connectivity index (χ0n) is 15.9. The van der Waals surface area contributed by atoms with Gasteiger partial charge in [-0.25, -0.2) is 4.68 Å². The maximum Gasteiger partial charge on any atom is 0.147 e. The minimum atomic E-state index is 0.720. The predicted octanol–water partition coefficient (Wildman–Crippen LogP) is 3.75. The summed E-state index contributed by atoms with van der Waals surface area (Å²) < 4.78 is 4.27. The molecule has 0 aliphatic carbocycles. The quantitative estimate of drug-likeness (QED) is 0.727. The van der Waals surface area contributed by atoms with Gasteiger partial charge in [0.1, 0.15) is 11.6 Å². The summed E-state index contributed by atoms with van der Waals surface area (Å²) in [5.41, 5.74) is 4.42. The van der Waals surface area contributed by atoms with Crippen molar-refractivity contribution in [2.45, 2.75) is 59.2 Å². The van der Waals surface area contributed by atoms with Crippen molar-refractivity contribution >= 4 is 11.6 Å². The average molecular weight is 385 g/mol. The molecule has 0 amide bonds. The number of fused-ring (bicyclic) bond motifs is 1. The second-order valence-corrected chi connectivity index (χ2v) is 7.57. The lowest BCUT2D eigenvalue weighted by Gasteiger charge is -2.09. The van der Waals surface area contributed by atoms with Crippen molar-refractivity contribution in [2.24, 2.45) is 0 Å². The van der Waals surface area contributed by atoms with Crippen LogP contribution in [0.3, 0.4) is 0 Å². The molecule has 0 bridgehead atoms. The Hall–Kier alpha value is -2.18. The van der Waals surface area contributed by atoms with E-state index in [4.69, 9.17) is 16.7 Å². The van der Waals surface area contributed by atoms with Crippen molar-refractivity contribution in [3.8, 4) is 5.69 Å². The first-order valence-electron chi connectivity index (χ1n) is 9.56. The SMILES string of the molecule is Cc1nn(-c2ccc(Cl)cc2)c(C)c1CNCc1nnc2n1CCCCC2. The van der Waals surface area contributed by atoms with E-state index in [0.717, 1.165) is 59.8 Å². The van der Waals surface area contributed by atoms with Gasteiger partial charge in [-0.3, -0.25) is 0 Å². The van der Waals surface area contributed by atoms with Gasteiger partial charge in [-0.05, 0) is 51.0 Å². The highest BCUT2D eigenvalue weighted by molar-refractivity contribution is 6.30. The third-order valence-corrected chi connectivity index (χ3v) is 5.54. The molecule has 0 atom stereocenters. The fraction of sp³-hybridized carbons (Fsp3) is 0.450. The lowest BCUT2D eigenvalue weighted by molar-refractivity contribution is 0.571. The van der Waals surface area contributed by atoms with Crippen molar-refractivity contribution < 1.29 is 0 Å². The van der Waals surface area contributed by atoms with E-state index in [-0.39, 0.29) is 0 Å². The Morgan fingerprint density at radius 1 is 1.04 bits per heavy atom. The molecule has 4 rings (SSSR count). The van der Waals surface area contributed by atoms with E-state index >= 15 is 0 Å². The van der Waals surface area contributed by atoms with E-state index in [1.165, 1.54) is 24.8 Å². The van der Waals surface area contributed by atoms with E-state index in [0.29, 0.717) is 0 Å². The number of halogens is 1. The van der Waals surface area contributed by atoms with Crippen LogP contribution in [0.2, 0.25) is 5.02 Å². The number of aryl methyl sites for hydroxylation is 2. The van der Waals surface area contributed by atoms with Crippen molar-refractivity contribution in [3.05, 3.63) is 57.9 Å². The summed E-state index contributed by atoms with van der Waals surface area (Å²) in [5.74, 6) is 2.17. The number of nitrogens with one attached hydrogen (secondary N) is 1. The molecule has 3 heterocycles. The first kappa shape index (κ1) is 18.2. The molecule has 2 aromatic heterocycles. The molecule has 0 saturated carbocycles. The van der Waals surface area contributed by atoms with Crippen molar-refractivity contribution in [1.82, 2.24) is 29.9 Å². The zero-order valence-corrected chi connectivity index (χ0v) is 16.6. The maximum atomic E-state index is 6.00. The molecule has 0 fully saturated rings. The third kappa shape index (κ3) is 3.77. The van der Waals surface area contributed by atoms with Gasteiger partial charge in [0.2, 0.25) is 0 Å². The Morgan fingerprint density at radius 3 is 2.67 bits per heavy atom. The van der Waals surface area contributed by atoms with Gasteiger partial charge in [0.25, 0.3) is 0 Å². The van der Waals surface area contributed by atoms with Crippen LogP contribution in [0.25, 0.3) is 5.69 Å². The van der Waals surface area contributed by atoms with Gasteiger partial charge in [-0.15, -0.1) is 10.2 Å². The summed E-state index contributed by atoms with van der Waals surface area (Å²) in [5, 5.41) is 17.7. The Labute approximate surface area is 164 Å². The molecule has 142 valence electrons. The molecular weight excluding hydrogens is 360 g/mol. The van der Waals surface area contributed by atoms with Crippen molar-refractivity contribution in [2.75, 3.05) is 0 Å². The van der Waals surface area contributed by atoms with Gasteiger partial charge in [0, 0.05) is 35.8 Å². The molecule has 0 radical (unpaired) electrons. The minimum absolute atomic E-state index is 0.720. The van der Waals surface area contributed by atoms with Gasteiger partial charge >= 0.3 is 0 Å². The fourth-order valence-corrected chi connectivity index (χ4v) is 3.87. The fourth-order valence-electron chi connectivity index (χ4n) is 3.74. The van der Waals surface area contributed by atoms with Crippen LogP contribution in [0.1, 0.15) is 47.9 Å². The molecule has 1 N–H and O–H groups in total. The van der Waals surface area contributed by atoms with Gasteiger partial charge in [-0.2, -0.15) is 5.10 Å². The number of rotatable bonds is 5. The summed E-state index contributed by atoms with van der Waals surface area (Å²) in [4.78, 5) is 0. The molecule has 3 aromatic rings. The normalized spacial score (nSPS) is 14.2. The van der Waals surface area contributed by atoms with Crippen molar-refractivity contribution in [3.63, 3.8) is 0 Å². The molecule has 0 saturated heterocycles. The van der Waals surface area contributed by atoms with Crippen LogP contribution in [0.15, 0.2) is 24.3 Å². The number of hydrogen-bond donors (Lipinski definition) is 1. The summed E-state index contributed by atoms with van der Waals surface area (Å²) in [7, 11) is 0. The lowest BCUT2D eigenvalue weighted by atomic mass is 10.2. The summed E-state index contributed by atoms with van der Waals surface area (Å²) >= 11 is 6.00. The van der Waals surface area contributed by atoms with Gasteiger partial charge in [0.05, 0.1) is 17.9 Å². The van der Waals surface area contributed by atoms with Gasteiger partial charge in [-0.1, -0.05) is 18.0 Å². The third-order valence-electron chi connectivity index (χ3n) is 5.28. The van der Waals surface area contributed by atoms with E-state index in [2.05, 4.69) is 33.9 Å². The number of hydrogen-bond acceptors (Lipinski definition) is 4. The Bertz CT molecular complexity index is 925. The van der Waals surface area contributed by atoms with Crippen LogP contribution < -0.4 is 5.32 Å². The largest absolute Gasteiger partial charge is 0.314 e. The topological polar surface area (TPSA) is 60.6 Å². The molecular formula is C20H25ClN6. The van der Waals surface area contributed by atoms with Crippen molar-refractivity contribution in [1.29, 1.82) is 0 Å². The highest BCUT2D eigenvalue weighted by atomic mass is 35.5. The second-order valence-electron chi connectivity index (χ2n) is 7.14. The molecule has 1 aromatic carbocycles. The van der Waals surface area contributed by atoms with E-state index in [1.807, 2.05) is 28.9 Å². The van der Waals surface area contributed by atoms with Crippen LogP contribution in [0.4, 0.5) is 0 Å². The molecule has 7 heteroatoms. The van der Waals surface area contributed by atoms with E-state index < -0.39 is 0 Å². The van der Waals surface area contributed by atoms with E-state index in [9.17, 15) is 0 Å². The smallest absolute Gasteiger partial charge is 0.147 e. The highest BCUT2D eigenvalue weighted by Crippen LogP contribution is 2.20. The van der Waals surface area contributed by atoms with Gasteiger partial charge < -0.3 is 9.88 Å². The van der Waals surface area contributed by atoms with E-state index in [1.54, 1.807) is 0 Å². The van der Waals surface area contributed by atoms with Crippen LogP contribution >= 0.6 is 11.6 Å². The first-order valence-corrected chi connectivity index (χ1v) is 9.94. The number of nitrogens with zero attached hydrogens (tertiary/aromatic N) is 5. The summed E-state index contributed by atoms with van der Waals surface area (Å²) in [6, 6.07) is 7.76. The van der Waals surface area contributed by atoms with Crippen LogP contribution in [0.5, 0.6) is 0 Å². The summed E-state index contributed by atoms with van der Waals surface area (Å²) in [6.07, 6.45) is 4.75. The Balaban J connectivity index is 1.46.